The maximum absolute atomic E-state index is 12.8. The van der Waals surface area contributed by atoms with Gasteiger partial charge in [0.15, 0.2) is 0 Å². The average molecular weight is 459 g/mol. The number of alkyl halides is 3. The number of rotatable bonds is 5. The summed E-state index contributed by atoms with van der Waals surface area (Å²) in [6.07, 6.45) is -3.42. The maximum Gasteiger partial charge on any atom is 0.573 e. The van der Waals surface area contributed by atoms with E-state index in [1.807, 2.05) is 25.1 Å². The summed E-state index contributed by atoms with van der Waals surface area (Å²) in [4.78, 5) is 18.0. The summed E-state index contributed by atoms with van der Waals surface area (Å²) in [5.74, 6) is 0.425. The van der Waals surface area contributed by atoms with E-state index in [-0.39, 0.29) is 11.9 Å². The number of hydrogen-bond donors (Lipinski definition) is 0. The molecule has 9 heteroatoms. The largest absolute Gasteiger partial charge is 0.573 e. The van der Waals surface area contributed by atoms with Gasteiger partial charge in [-0.2, -0.15) is 0 Å². The topological polar surface area (TPSA) is 44.1 Å². The first-order valence-electron chi connectivity index (χ1n) is 7.93. The molecule has 0 aliphatic rings. The molecule has 1 aromatic heterocycles. The third-order valence-electron chi connectivity index (χ3n) is 3.69. The fourth-order valence-electron chi connectivity index (χ4n) is 2.60. The molecule has 0 unspecified atom stereocenters. The van der Waals surface area contributed by atoms with Crippen LogP contribution in [-0.4, -0.2) is 21.7 Å². The molecule has 1 heterocycles. The zero-order valence-corrected chi connectivity index (χ0v) is 16.5. The number of benzene rings is 2. The fourth-order valence-corrected chi connectivity index (χ4v) is 3.79. The number of thioether (sulfide) groups is 1. The Hall–Kier alpha value is -2.00. The van der Waals surface area contributed by atoms with E-state index in [1.165, 1.54) is 17.0 Å². The van der Waals surface area contributed by atoms with Crippen LogP contribution in [0.2, 0.25) is 0 Å². The lowest BCUT2D eigenvalue weighted by Gasteiger charge is -2.12. The van der Waals surface area contributed by atoms with Crippen molar-refractivity contribution in [2.24, 2.45) is 0 Å². The molecule has 0 aliphatic heterocycles. The molecule has 0 N–H and O–H groups in total. The van der Waals surface area contributed by atoms with Crippen molar-refractivity contribution in [3.63, 3.8) is 0 Å². The Morgan fingerprint density at radius 2 is 2.00 bits per heavy atom. The molecule has 0 radical (unpaired) electrons. The lowest BCUT2D eigenvalue weighted by Crippen LogP contribution is -2.22. The monoisotopic (exact) mass is 458 g/mol. The molecule has 0 aliphatic carbocycles. The van der Waals surface area contributed by atoms with Crippen LogP contribution in [0.1, 0.15) is 12.5 Å². The van der Waals surface area contributed by atoms with E-state index in [2.05, 4.69) is 25.7 Å². The van der Waals surface area contributed by atoms with Crippen LogP contribution < -0.4 is 10.3 Å². The number of halogens is 4. The Morgan fingerprint density at radius 3 is 2.70 bits per heavy atom. The number of hydrogen-bond acceptors (Lipinski definition) is 4. The number of aromatic nitrogens is 2. The molecule has 0 spiro atoms. The molecular weight excluding hydrogens is 445 g/mol. The fraction of sp³-hybridized carbons (Fsp3) is 0.222. The maximum atomic E-state index is 12.8. The van der Waals surface area contributed by atoms with E-state index >= 15 is 0 Å². The van der Waals surface area contributed by atoms with Gasteiger partial charge in [0, 0.05) is 9.37 Å². The second-order valence-electron chi connectivity index (χ2n) is 5.59. The van der Waals surface area contributed by atoms with Gasteiger partial charge >= 0.3 is 6.36 Å². The van der Waals surface area contributed by atoms with Gasteiger partial charge in [0.2, 0.25) is 0 Å². The van der Waals surface area contributed by atoms with Crippen molar-refractivity contribution in [3.05, 3.63) is 63.1 Å². The Morgan fingerprint density at radius 1 is 1.22 bits per heavy atom. The molecule has 0 fully saturated rings. The van der Waals surface area contributed by atoms with E-state index in [1.54, 1.807) is 11.8 Å². The van der Waals surface area contributed by atoms with E-state index in [0.29, 0.717) is 5.52 Å². The molecule has 27 heavy (non-hydrogen) atoms. The van der Waals surface area contributed by atoms with Gasteiger partial charge in [0.25, 0.3) is 5.56 Å². The van der Waals surface area contributed by atoms with Crippen LogP contribution >= 0.6 is 27.7 Å². The Kier molecular flexibility index (Phi) is 5.81. The van der Waals surface area contributed by atoms with Gasteiger partial charge in [-0.1, -0.05) is 22.9 Å². The van der Waals surface area contributed by atoms with Crippen molar-refractivity contribution in [2.45, 2.75) is 24.7 Å². The third kappa shape index (κ3) is 4.84. The van der Waals surface area contributed by atoms with Crippen LogP contribution in [0.3, 0.4) is 0 Å². The second kappa shape index (κ2) is 7.93. The highest BCUT2D eigenvalue weighted by molar-refractivity contribution is 9.10. The third-order valence-corrected chi connectivity index (χ3v) is 5.18. The first kappa shape index (κ1) is 19.8. The summed E-state index contributed by atoms with van der Waals surface area (Å²) < 4.78 is 43.5. The van der Waals surface area contributed by atoms with Crippen molar-refractivity contribution in [1.82, 2.24) is 9.55 Å². The van der Waals surface area contributed by atoms with Gasteiger partial charge in [0.1, 0.15) is 5.75 Å². The van der Waals surface area contributed by atoms with Crippen molar-refractivity contribution in [3.8, 4) is 5.75 Å². The highest BCUT2D eigenvalue weighted by Crippen LogP contribution is 2.27. The number of fused-ring (bicyclic) bond motifs is 1. The van der Waals surface area contributed by atoms with Crippen LogP contribution in [0.15, 0.2) is 56.9 Å². The zero-order chi connectivity index (χ0) is 19.6. The second-order valence-corrected chi connectivity index (χ2v) is 7.81. The van der Waals surface area contributed by atoms with Gasteiger partial charge in [-0.25, -0.2) is 4.98 Å². The number of ether oxygens (including phenoxy) is 1. The van der Waals surface area contributed by atoms with Gasteiger partial charge in [0.05, 0.1) is 23.8 Å². The summed E-state index contributed by atoms with van der Waals surface area (Å²) >= 11 is 5.07. The average Bonchev–Trinajstić information content (AvgIpc) is 2.59. The molecule has 142 valence electrons. The highest BCUT2D eigenvalue weighted by atomic mass is 79.9. The van der Waals surface area contributed by atoms with Crippen molar-refractivity contribution in [2.75, 3.05) is 5.75 Å². The smallest absolute Gasteiger partial charge is 0.406 e. The van der Waals surface area contributed by atoms with Crippen LogP contribution in [-0.2, 0) is 6.54 Å². The quantitative estimate of drug-likeness (QED) is 0.491. The standard InChI is InChI=1S/C18H14BrF3N2O2S/c1-2-27-16-6-3-12(19)7-11(16)9-24-10-23-15-5-4-13(26-18(20,21)22)8-14(15)17(24)25/h3-8,10H,2,9H2,1H3. The van der Waals surface area contributed by atoms with Crippen LogP contribution in [0, 0.1) is 0 Å². The molecule has 0 saturated heterocycles. The Balaban J connectivity index is 2.02. The van der Waals surface area contributed by atoms with Crippen molar-refractivity contribution in [1.29, 1.82) is 0 Å². The molecule has 0 atom stereocenters. The van der Waals surface area contributed by atoms with E-state index in [9.17, 15) is 18.0 Å². The van der Waals surface area contributed by atoms with Gasteiger partial charge in [-0.05, 0) is 47.7 Å². The molecule has 0 amide bonds. The minimum atomic E-state index is -4.82. The Labute approximate surface area is 165 Å². The highest BCUT2D eigenvalue weighted by Gasteiger charge is 2.31. The Bertz CT molecular complexity index is 1040. The molecule has 3 rings (SSSR count). The summed E-state index contributed by atoms with van der Waals surface area (Å²) in [5.41, 5.74) is 0.797. The lowest BCUT2D eigenvalue weighted by molar-refractivity contribution is -0.274. The summed E-state index contributed by atoms with van der Waals surface area (Å²) in [6, 6.07) is 9.33. The van der Waals surface area contributed by atoms with Gasteiger partial charge < -0.3 is 4.74 Å². The lowest BCUT2D eigenvalue weighted by atomic mass is 10.2. The van der Waals surface area contributed by atoms with Crippen LogP contribution in [0.4, 0.5) is 13.2 Å². The summed E-state index contributed by atoms with van der Waals surface area (Å²) in [7, 11) is 0. The van der Waals surface area contributed by atoms with E-state index in [0.717, 1.165) is 32.8 Å². The van der Waals surface area contributed by atoms with Gasteiger partial charge in [-0.3, -0.25) is 9.36 Å². The summed E-state index contributed by atoms with van der Waals surface area (Å²) in [6.45, 7) is 2.29. The first-order chi connectivity index (χ1) is 12.8. The zero-order valence-electron chi connectivity index (χ0n) is 14.1. The van der Waals surface area contributed by atoms with E-state index in [4.69, 9.17) is 0 Å². The van der Waals surface area contributed by atoms with Crippen molar-refractivity contribution < 1.29 is 17.9 Å². The summed E-state index contributed by atoms with van der Waals surface area (Å²) in [5, 5.41) is 0.0685. The molecule has 4 nitrogen and oxygen atoms in total. The minimum absolute atomic E-state index is 0.0685. The normalized spacial score (nSPS) is 11.7. The molecule has 0 saturated carbocycles. The molecule has 2 aromatic carbocycles. The van der Waals surface area contributed by atoms with Crippen LogP contribution in [0.25, 0.3) is 10.9 Å². The minimum Gasteiger partial charge on any atom is -0.406 e. The molecule has 3 aromatic rings. The van der Waals surface area contributed by atoms with E-state index < -0.39 is 17.7 Å². The van der Waals surface area contributed by atoms with Gasteiger partial charge in [-0.15, -0.1) is 24.9 Å². The predicted octanol–water partition coefficient (Wildman–Crippen LogP) is 5.22. The SMILES string of the molecule is CCSc1ccc(Br)cc1Cn1cnc2ccc(OC(F)(F)F)cc2c1=O. The first-order valence-corrected chi connectivity index (χ1v) is 9.71. The van der Waals surface area contributed by atoms with Crippen molar-refractivity contribution >= 4 is 38.6 Å². The predicted molar refractivity (Wildman–Crippen MR) is 102 cm³/mol. The number of nitrogens with zero attached hydrogens (tertiary/aromatic N) is 2. The molecular formula is C18H14BrF3N2O2S. The van der Waals surface area contributed by atoms with Crippen LogP contribution in [0.5, 0.6) is 5.75 Å². The molecule has 0 bridgehead atoms.